The zero-order valence-corrected chi connectivity index (χ0v) is 13.5. The molecule has 2 aromatic carbocycles. The van der Waals surface area contributed by atoms with Crippen LogP contribution in [0.5, 0.6) is 0 Å². The predicted molar refractivity (Wildman–Crippen MR) is 92.2 cm³/mol. The van der Waals surface area contributed by atoms with Crippen molar-refractivity contribution in [3.63, 3.8) is 0 Å². The van der Waals surface area contributed by atoms with E-state index in [-0.39, 0.29) is 5.91 Å². The van der Waals surface area contributed by atoms with E-state index in [0.29, 0.717) is 5.92 Å². The number of carbonyl (C=O) groups excluding carboxylic acids is 1. The molecule has 2 nitrogen and oxygen atoms in total. The maximum Gasteiger partial charge on any atom is 0.253 e. The first kappa shape index (κ1) is 15.2. The van der Waals surface area contributed by atoms with E-state index in [0.717, 1.165) is 37.2 Å². The standard InChI is InChI=1S/C19H21NOS/c21-19(17-7-3-1-4-8-17)20-13-11-16(12-14-20)15-22-18-9-5-2-6-10-18/h1-10,16H,11-15H2. The van der Waals surface area contributed by atoms with Crippen molar-refractivity contribution in [3.8, 4) is 0 Å². The number of amides is 1. The number of hydrogen-bond donors (Lipinski definition) is 0. The van der Waals surface area contributed by atoms with Crippen LogP contribution in [-0.4, -0.2) is 29.6 Å². The molecule has 22 heavy (non-hydrogen) atoms. The summed E-state index contributed by atoms with van der Waals surface area (Å²) in [5, 5.41) is 0. The van der Waals surface area contributed by atoms with E-state index in [1.54, 1.807) is 0 Å². The summed E-state index contributed by atoms with van der Waals surface area (Å²) in [6, 6.07) is 20.2. The summed E-state index contributed by atoms with van der Waals surface area (Å²) in [4.78, 5) is 15.7. The van der Waals surface area contributed by atoms with Crippen molar-refractivity contribution in [1.29, 1.82) is 0 Å². The summed E-state index contributed by atoms with van der Waals surface area (Å²) >= 11 is 1.93. The maximum absolute atomic E-state index is 12.4. The number of likely N-dealkylation sites (tertiary alicyclic amines) is 1. The zero-order chi connectivity index (χ0) is 15.2. The van der Waals surface area contributed by atoms with E-state index in [1.807, 2.05) is 47.0 Å². The molecule has 1 fully saturated rings. The molecule has 3 heteroatoms. The number of carbonyl (C=O) groups is 1. The fourth-order valence-electron chi connectivity index (χ4n) is 2.80. The van der Waals surface area contributed by atoms with Crippen molar-refractivity contribution in [3.05, 3.63) is 66.2 Å². The third-order valence-electron chi connectivity index (χ3n) is 4.15. The van der Waals surface area contributed by atoms with Gasteiger partial charge in [-0.15, -0.1) is 11.8 Å². The van der Waals surface area contributed by atoms with Crippen LogP contribution in [0.2, 0.25) is 0 Å². The SMILES string of the molecule is O=C(c1ccccc1)N1CCC(CSc2ccccc2)CC1. The molecule has 0 aromatic heterocycles. The number of thioether (sulfide) groups is 1. The third kappa shape index (κ3) is 3.92. The summed E-state index contributed by atoms with van der Waals surface area (Å²) in [7, 11) is 0. The van der Waals surface area contributed by atoms with Gasteiger partial charge in [0.05, 0.1) is 0 Å². The Morgan fingerprint density at radius 1 is 0.955 bits per heavy atom. The Hall–Kier alpha value is -1.74. The quantitative estimate of drug-likeness (QED) is 0.783. The second kappa shape index (κ2) is 7.50. The van der Waals surface area contributed by atoms with Gasteiger partial charge in [0.2, 0.25) is 0 Å². The van der Waals surface area contributed by atoms with E-state index in [9.17, 15) is 4.79 Å². The lowest BCUT2D eigenvalue weighted by Crippen LogP contribution is -2.38. The normalized spacial score (nSPS) is 15.7. The lowest BCUT2D eigenvalue weighted by molar-refractivity contribution is 0.0698. The van der Waals surface area contributed by atoms with Gasteiger partial charge in [0.1, 0.15) is 0 Å². The molecule has 0 aliphatic carbocycles. The molecule has 0 N–H and O–H groups in total. The zero-order valence-electron chi connectivity index (χ0n) is 12.7. The van der Waals surface area contributed by atoms with Crippen molar-refractivity contribution >= 4 is 17.7 Å². The number of rotatable bonds is 4. The highest BCUT2D eigenvalue weighted by Crippen LogP contribution is 2.26. The Labute approximate surface area is 136 Å². The molecule has 3 rings (SSSR count). The number of piperidine rings is 1. The largest absolute Gasteiger partial charge is 0.339 e. The fraction of sp³-hybridized carbons (Fsp3) is 0.316. The Morgan fingerprint density at radius 2 is 1.55 bits per heavy atom. The van der Waals surface area contributed by atoms with Gasteiger partial charge < -0.3 is 4.90 Å². The minimum Gasteiger partial charge on any atom is -0.339 e. The van der Waals surface area contributed by atoms with Crippen LogP contribution in [0.25, 0.3) is 0 Å². The molecule has 1 amide bonds. The van der Waals surface area contributed by atoms with Gasteiger partial charge in [-0.1, -0.05) is 36.4 Å². The fourth-order valence-corrected chi connectivity index (χ4v) is 3.91. The molecule has 0 bridgehead atoms. The predicted octanol–water partition coefficient (Wildman–Crippen LogP) is 4.33. The highest BCUT2D eigenvalue weighted by atomic mass is 32.2. The molecule has 0 spiro atoms. The number of hydrogen-bond acceptors (Lipinski definition) is 2. The summed E-state index contributed by atoms with van der Waals surface area (Å²) in [5.74, 6) is 2.04. The molecule has 1 aliphatic rings. The molecule has 0 saturated carbocycles. The molecule has 0 atom stereocenters. The Bertz CT molecular complexity index is 591. The second-order valence-electron chi connectivity index (χ2n) is 5.73. The van der Waals surface area contributed by atoms with Crippen molar-refractivity contribution in [2.75, 3.05) is 18.8 Å². The molecule has 1 saturated heterocycles. The first-order chi connectivity index (χ1) is 10.8. The van der Waals surface area contributed by atoms with Crippen LogP contribution in [0.3, 0.4) is 0 Å². The van der Waals surface area contributed by atoms with Gasteiger partial charge in [0.25, 0.3) is 5.91 Å². The monoisotopic (exact) mass is 311 g/mol. The van der Waals surface area contributed by atoms with Crippen LogP contribution in [0.4, 0.5) is 0 Å². The Balaban J connectivity index is 1.47. The van der Waals surface area contributed by atoms with E-state index in [2.05, 4.69) is 30.3 Å². The van der Waals surface area contributed by atoms with Crippen LogP contribution < -0.4 is 0 Å². The van der Waals surface area contributed by atoms with E-state index >= 15 is 0 Å². The molecule has 1 heterocycles. The maximum atomic E-state index is 12.4. The lowest BCUT2D eigenvalue weighted by Gasteiger charge is -2.32. The first-order valence-corrected chi connectivity index (χ1v) is 8.83. The number of benzene rings is 2. The smallest absolute Gasteiger partial charge is 0.253 e. The molecular formula is C19H21NOS. The van der Waals surface area contributed by atoms with Crippen molar-refractivity contribution < 1.29 is 4.79 Å². The minimum atomic E-state index is 0.176. The van der Waals surface area contributed by atoms with Gasteiger partial charge in [0, 0.05) is 29.3 Å². The minimum absolute atomic E-state index is 0.176. The third-order valence-corrected chi connectivity index (χ3v) is 5.39. The van der Waals surface area contributed by atoms with Crippen LogP contribution in [0.1, 0.15) is 23.2 Å². The van der Waals surface area contributed by atoms with E-state index < -0.39 is 0 Å². The van der Waals surface area contributed by atoms with E-state index in [1.165, 1.54) is 4.90 Å². The number of nitrogens with zero attached hydrogens (tertiary/aromatic N) is 1. The molecular weight excluding hydrogens is 290 g/mol. The molecule has 114 valence electrons. The van der Waals surface area contributed by atoms with Gasteiger partial charge in [-0.2, -0.15) is 0 Å². The highest BCUT2D eigenvalue weighted by molar-refractivity contribution is 7.99. The summed E-state index contributed by atoms with van der Waals surface area (Å²) in [6.45, 7) is 1.77. The van der Waals surface area contributed by atoms with Gasteiger partial charge in [-0.25, -0.2) is 0 Å². The summed E-state index contributed by atoms with van der Waals surface area (Å²) < 4.78 is 0. The van der Waals surface area contributed by atoms with Crippen LogP contribution in [-0.2, 0) is 0 Å². The Kier molecular flexibility index (Phi) is 5.17. The van der Waals surface area contributed by atoms with Crippen molar-refractivity contribution in [2.45, 2.75) is 17.7 Å². The van der Waals surface area contributed by atoms with Crippen LogP contribution in [0, 0.1) is 5.92 Å². The molecule has 1 aliphatic heterocycles. The lowest BCUT2D eigenvalue weighted by atomic mass is 9.98. The molecule has 0 radical (unpaired) electrons. The van der Waals surface area contributed by atoms with Gasteiger partial charge in [-0.3, -0.25) is 4.79 Å². The second-order valence-corrected chi connectivity index (χ2v) is 6.82. The van der Waals surface area contributed by atoms with Gasteiger partial charge in [-0.05, 0) is 43.0 Å². The van der Waals surface area contributed by atoms with Gasteiger partial charge in [0.15, 0.2) is 0 Å². The van der Waals surface area contributed by atoms with Gasteiger partial charge >= 0.3 is 0 Å². The van der Waals surface area contributed by atoms with Crippen LogP contribution in [0.15, 0.2) is 65.6 Å². The summed E-state index contributed by atoms with van der Waals surface area (Å²) in [6.07, 6.45) is 2.22. The average molecular weight is 311 g/mol. The highest BCUT2D eigenvalue weighted by Gasteiger charge is 2.23. The van der Waals surface area contributed by atoms with E-state index in [4.69, 9.17) is 0 Å². The molecule has 2 aromatic rings. The summed E-state index contributed by atoms with van der Waals surface area (Å²) in [5.41, 5.74) is 0.805. The molecule has 0 unspecified atom stereocenters. The average Bonchev–Trinajstić information content (AvgIpc) is 2.61. The van der Waals surface area contributed by atoms with Crippen molar-refractivity contribution in [2.24, 2.45) is 5.92 Å². The Morgan fingerprint density at radius 3 is 2.18 bits per heavy atom. The van der Waals surface area contributed by atoms with Crippen LogP contribution >= 0.6 is 11.8 Å². The van der Waals surface area contributed by atoms with Crippen molar-refractivity contribution in [1.82, 2.24) is 4.90 Å². The topological polar surface area (TPSA) is 20.3 Å². The first-order valence-electron chi connectivity index (χ1n) is 7.85.